The van der Waals surface area contributed by atoms with Crippen molar-refractivity contribution in [3.05, 3.63) is 48.3 Å². The largest absolute Gasteiger partial charge is 0.366 e. The van der Waals surface area contributed by atoms with Gasteiger partial charge in [-0.3, -0.25) is 14.5 Å². The Morgan fingerprint density at radius 3 is 2.73 bits per heavy atom. The highest BCUT2D eigenvalue weighted by atomic mass is 16.2. The molecule has 1 aromatic carbocycles. The molecule has 0 spiro atoms. The zero-order valence-electron chi connectivity index (χ0n) is 16.8. The molecule has 1 fully saturated rings. The van der Waals surface area contributed by atoms with Gasteiger partial charge in [-0.25, -0.2) is 4.98 Å². The first-order valence-electron chi connectivity index (χ1n) is 9.98. The molecular weight excluding hydrogens is 382 g/mol. The summed E-state index contributed by atoms with van der Waals surface area (Å²) in [6.45, 7) is 2.13. The lowest BCUT2D eigenvalue weighted by Crippen LogP contribution is -2.43. The first kappa shape index (κ1) is 19.8. The van der Waals surface area contributed by atoms with Gasteiger partial charge in [0, 0.05) is 49.5 Å². The number of nitrogens with zero attached hydrogens (tertiary/aromatic N) is 4. The molecule has 3 aromatic rings. The van der Waals surface area contributed by atoms with Gasteiger partial charge in [0.15, 0.2) is 0 Å². The summed E-state index contributed by atoms with van der Waals surface area (Å²) in [7, 11) is 1.66. The van der Waals surface area contributed by atoms with Crippen LogP contribution in [0.5, 0.6) is 0 Å². The quantitative estimate of drug-likeness (QED) is 0.564. The molecule has 1 aliphatic rings. The number of hydrogen-bond acceptors (Lipinski definition) is 6. The summed E-state index contributed by atoms with van der Waals surface area (Å²) in [4.78, 5) is 34.4. The Morgan fingerprint density at radius 2 is 2.00 bits per heavy atom. The van der Waals surface area contributed by atoms with Crippen LogP contribution in [-0.4, -0.2) is 64.0 Å². The average Bonchev–Trinajstić information content (AvgIpc) is 3.19. The fourth-order valence-electron chi connectivity index (χ4n) is 3.84. The van der Waals surface area contributed by atoms with Crippen molar-refractivity contribution in [3.8, 4) is 5.82 Å². The number of likely N-dealkylation sites (tertiary alicyclic amines) is 1. The normalized spacial score (nSPS) is 15.2. The topological polar surface area (TPSA) is 118 Å². The number of fused-ring (bicyclic) bond motifs is 1. The van der Waals surface area contributed by atoms with E-state index in [4.69, 9.17) is 5.73 Å². The molecule has 4 rings (SSSR count). The molecule has 0 radical (unpaired) electrons. The summed E-state index contributed by atoms with van der Waals surface area (Å²) < 4.78 is 1.92. The lowest BCUT2D eigenvalue weighted by molar-refractivity contribution is -0.122. The Morgan fingerprint density at radius 1 is 1.20 bits per heavy atom. The van der Waals surface area contributed by atoms with Gasteiger partial charge in [0.05, 0.1) is 12.1 Å². The zero-order chi connectivity index (χ0) is 21.1. The van der Waals surface area contributed by atoms with Crippen molar-refractivity contribution >= 4 is 28.7 Å². The van der Waals surface area contributed by atoms with E-state index >= 15 is 0 Å². The standard InChI is InChI=1S/C21H25N7O2/c1-23-19(29)13-27-10-6-14(7-11-27)25-21-24-9-5-18(26-21)28-12-8-15-16(20(22)30)3-2-4-17(15)28/h2-5,8-9,12,14H,6-7,10-11,13H2,1H3,(H2,22,30)(H,23,29)(H,24,25,26). The van der Waals surface area contributed by atoms with Gasteiger partial charge in [0.2, 0.25) is 17.8 Å². The second kappa shape index (κ2) is 8.50. The van der Waals surface area contributed by atoms with Gasteiger partial charge >= 0.3 is 0 Å². The number of piperidine rings is 1. The van der Waals surface area contributed by atoms with Gasteiger partial charge < -0.3 is 20.9 Å². The number of aromatic nitrogens is 3. The number of nitrogens with two attached hydrogens (primary N) is 1. The molecule has 156 valence electrons. The van der Waals surface area contributed by atoms with Crippen LogP contribution in [0.15, 0.2) is 42.7 Å². The fraction of sp³-hybridized carbons (Fsp3) is 0.333. The SMILES string of the molecule is CNC(=O)CN1CCC(Nc2nccc(-n3ccc4c(C(N)=O)cccc43)n2)CC1. The molecule has 3 heterocycles. The summed E-state index contributed by atoms with van der Waals surface area (Å²) in [5, 5.41) is 6.87. The molecule has 4 N–H and O–H groups in total. The van der Waals surface area contributed by atoms with Crippen molar-refractivity contribution in [2.24, 2.45) is 5.73 Å². The number of anilines is 1. The number of primary amides is 1. The maximum atomic E-state index is 11.7. The predicted molar refractivity (Wildman–Crippen MR) is 115 cm³/mol. The molecule has 9 heteroatoms. The van der Waals surface area contributed by atoms with Crippen molar-refractivity contribution in [2.75, 3.05) is 32.0 Å². The van der Waals surface area contributed by atoms with Crippen LogP contribution < -0.4 is 16.4 Å². The second-order valence-corrected chi connectivity index (χ2v) is 7.39. The smallest absolute Gasteiger partial charge is 0.249 e. The molecule has 9 nitrogen and oxygen atoms in total. The van der Waals surface area contributed by atoms with E-state index in [0.29, 0.717) is 23.9 Å². The van der Waals surface area contributed by atoms with E-state index in [0.717, 1.165) is 36.8 Å². The van der Waals surface area contributed by atoms with E-state index < -0.39 is 5.91 Å². The molecule has 1 saturated heterocycles. The molecule has 30 heavy (non-hydrogen) atoms. The van der Waals surface area contributed by atoms with Crippen LogP contribution in [0.2, 0.25) is 0 Å². The molecule has 0 saturated carbocycles. The number of rotatable bonds is 6. The molecular formula is C21H25N7O2. The number of carbonyl (C=O) groups excluding carboxylic acids is 2. The van der Waals surface area contributed by atoms with E-state index in [1.165, 1.54) is 0 Å². The predicted octanol–water partition coefficient (Wildman–Crippen LogP) is 1.14. The van der Waals surface area contributed by atoms with Gasteiger partial charge in [0.1, 0.15) is 5.82 Å². The Kier molecular flexibility index (Phi) is 5.62. The van der Waals surface area contributed by atoms with Crippen molar-refractivity contribution in [1.29, 1.82) is 0 Å². The highest BCUT2D eigenvalue weighted by Crippen LogP contribution is 2.23. The molecule has 0 atom stereocenters. The average molecular weight is 407 g/mol. The van der Waals surface area contributed by atoms with Crippen LogP contribution in [0.1, 0.15) is 23.2 Å². The van der Waals surface area contributed by atoms with Crippen LogP contribution in [0.4, 0.5) is 5.95 Å². The lowest BCUT2D eigenvalue weighted by Gasteiger charge is -2.31. The minimum absolute atomic E-state index is 0.0379. The minimum Gasteiger partial charge on any atom is -0.366 e. The Labute approximate surface area is 174 Å². The first-order valence-corrected chi connectivity index (χ1v) is 9.98. The van der Waals surface area contributed by atoms with Crippen LogP contribution >= 0.6 is 0 Å². The molecule has 2 aromatic heterocycles. The highest BCUT2D eigenvalue weighted by Gasteiger charge is 2.21. The van der Waals surface area contributed by atoms with Crippen molar-refractivity contribution in [3.63, 3.8) is 0 Å². The monoisotopic (exact) mass is 407 g/mol. The van der Waals surface area contributed by atoms with Gasteiger partial charge in [0.25, 0.3) is 0 Å². The van der Waals surface area contributed by atoms with Gasteiger partial charge in [-0.05, 0) is 37.1 Å². The number of carbonyl (C=O) groups is 2. The lowest BCUT2D eigenvalue weighted by atomic mass is 10.1. The molecule has 0 unspecified atom stereocenters. The Hall–Kier alpha value is -3.46. The third-order valence-electron chi connectivity index (χ3n) is 5.45. The molecule has 1 aliphatic heterocycles. The van der Waals surface area contributed by atoms with Crippen LogP contribution in [0.3, 0.4) is 0 Å². The summed E-state index contributed by atoms with van der Waals surface area (Å²) in [5.41, 5.74) is 6.84. The molecule has 0 bridgehead atoms. The maximum absolute atomic E-state index is 11.7. The first-order chi connectivity index (χ1) is 14.5. The number of likely N-dealkylation sites (N-methyl/N-ethyl adjacent to an activating group) is 1. The third kappa shape index (κ3) is 4.11. The van der Waals surface area contributed by atoms with E-state index in [9.17, 15) is 9.59 Å². The van der Waals surface area contributed by atoms with E-state index in [2.05, 4.69) is 25.5 Å². The number of amides is 2. The van der Waals surface area contributed by atoms with Gasteiger partial charge in [-0.15, -0.1) is 0 Å². The van der Waals surface area contributed by atoms with Crippen LogP contribution in [0.25, 0.3) is 16.7 Å². The van der Waals surface area contributed by atoms with Crippen molar-refractivity contribution in [1.82, 2.24) is 24.8 Å². The fourth-order valence-corrected chi connectivity index (χ4v) is 3.84. The van der Waals surface area contributed by atoms with Gasteiger partial charge in [-0.1, -0.05) is 6.07 Å². The van der Waals surface area contributed by atoms with E-state index in [1.807, 2.05) is 35.0 Å². The summed E-state index contributed by atoms with van der Waals surface area (Å²) in [6, 6.07) is 9.41. The number of nitrogens with one attached hydrogen (secondary N) is 2. The van der Waals surface area contributed by atoms with Crippen molar-refractivity contribution < 1.29 is 9.59 Å². The molecule has 0 aliphatic carbocycles. The van der Waals surface area contributed by atoms with Crippen molar-refractivity contribution in [2.45, 2.75) is 18.9 Å². The van der Waals surface area contributed by atoms with Crippen LogP contribution in [-0.2, 0) is 4.79 Å². The highest BCUT2D eigenvalue weighted by molar-refractivity contribution is 6.06. The summed E-state index contributed by atoms with van der Waals surface area (Å²) in [5.74, 6) is 0.855. The Balaban J connectivity index is 1.48. The van der Waals surface area contributed by atoms with Gasteiger partial charge in [-0.2, -0.15) is 4.98 Å². The van der Waals surface area contributed by atoms with E-state index in [-0.39, 0.29) is 11.9 Å². The Bertz CT molecular complexity index is 1070. The summed E-state index contributed by atoms with van der Waals surface area (Å²) in [6.07, 6.45) is 5.42. The maximum Gasteiger partial charge on any atom is 0.249 e. The van der Waals surface area contributed by atoms with Crippen LogP contribution in [0, 0.1) is 0 Å². The van der Waals surface area contributed by atoms with E-state index in [1.54, 1.807) is 19.3 Å². The minimum atomic E-state index is -0.453. The molecule has 2 amide bonds. The zero-order valence-corrected chi connectivity index (χ0v) is 16.8. The number of benzene rings is 1. The second-order valence-electron chi connectivity index (χ2n) is 7.39. The summed E-state index contributed by atoms with van der Waals surface area (Å²) >= 11 is 0. The third-order valence-corrected chi connectivity index (χ3v) is 5.45. The number of hydrogen-bond donors (Lipinski definition) is 3.